The Hall–Kier alpha value is -4.18. The molecule has 0 aliphatic carbocycles. The van der Waals surface area contributed by atoms with E-state index in [1.165, 1.54) is 30.1 Å². The van der Waals surface area contributed by atoms with E-state index in [4.69, 9.17) is 19.9 Å². The number of nitrogens with zero attached hydrogens (tertiary/aromatic N) is 2. The van der Waals surface area contributed by atoms with Crippen molar-refractivity contribution in [3.63, 3.8) is 0 Å². The van der Waals surface area contributed by atoms with Crippen molar-refractivity contribution in [2.45, 2.75) is 13.0 Å². The van der Waals surface area contributed by atoms with E-state index in [0.717, 1.165) is 5.56 Å². The SMILES string of the molecule is COC(=O)C1=C(C)N=c2sc(=Cc3ccc(OCC(N)=O)c(OC)c3)c(=O)n2C1c1ccccc1. The van der Waals surface area contributed by atoms with Crippen LogP contribution in [-0.2, 0) is 14.3 Å². The minimum absolute atomic E-state index is 0.282. The molecule has 0 fully saturated rings. The molecule has 10 heteroatoms. The van der Waals surface area contributed by atoms with Crippen LogP contribution in [0.3, 0.4) is 0 Å². The van der Waals surface area contributed by atoms with Gasteiger partial charge < -0.3 is 19.9 Å². The molecule has 0 spiro atoms. The highest BCUT2D eigenvalue weighted by molar-refractivity contribution is 7.07. The van der Waals surface area contributed by atoms with Gasteiger partial charge in [0, 0.05) is 0 Å². The summed E-state index contributed by atoms with van der Waals surface area (Å²) in [6.07, 6.45) is 1.71. The lowest BCUT2D eigenvalue weighted by molar-refractivity contribution is -0.136. The van der Waals surface area contributed by atoms with Crippen molar-refractivity contribution < 1.29 is 23.8 Å². The fourth-order valence-electron chi connectivity index (χ4n) is 3.84. The van der Waals surface area contributed by atoms with E-state index in [1.807, 2.05) is 30.3 Å². The number of aromatic nitrogens is 1. The Morgan fingerprint density at radius 2 is 1.89 bits per heavy atom. The number of thiazole rings is 1. The normalized spacial score (nSPS) is 15.3. The zero-order valence-electron chi connectivity index (χ0n) is 19.3. The zero-order chi connectivity index (χ0) is 25.1. The summed E-state index contributed by atoms with van der Waals surface area (Å²) < 4.78 is 17.7. The van der Waals surface area contributed by atoms with E-state index >= 15 is 0 Å². The maximum absolute atomic E-state index is 13.6. The smallest absolute Gasteiger partial charge is 0.338 e. The van der Waals surface area contributed by atoms with Gasteiger partial charge in [0.25, 0.3) is 11.5 Å². The quantitative estimate of drug-likeness (QED) is 0.495. The minimum atomic E-state index is -0.666. The third kappa shape index (κ3) is 4.73. The molecule has 1 aliphatic heterocycles. The number of fused-ring (bicyclic) bond motifs is 1. The Bertz CT molecular complexity index is 1500. The minimum Gasteiger partial charge on any atom is -0.493 e. The maximum Gasteiger partial charge on any atom is 0.338 e. The van der Waals surface area contributed by atoms with Gasteiger partial charge in [-0.25, -0.2) is 9.79 Å². The van der Waals surface area contributed by atoms with Gasteiger partial charge in [0.2, 0.25) is 0 Å². The molecule has 2 heterocycles. The molecular formula is C25H23N3O6S. The van der Waals surface area contributed by atoms with Gasteiger partial charge in [-0.05, 0) is 36.3 Å². The highest BCUT2D eigenvalue weighted by Gasteiger charge is 2.32. The summed E-state index contributed by atoms with van der Waals surface area (Å²) in [6.45, 7) is 1.45. The zero-order valence-corrected chi connectivity index (χ0v) is 20.1. The van der Waals surface area contributed by atoms with E-state index in [9.17, 15) is 14.4 Å². The number of primary amides is 1. The summed E-state index contributed by atoms with van der Waals surface area (Å²) in [5, 5.41) is 0. The molecule has 35 heavy (non-hydrogen) atoms. The first-order chi connectivity index (χ1) is 16.8. The van der Waals surface area contributed by atoms with Crippen LogP contribution in [0.1, 0.15) is 24.1 Å². The number of rotatable bonds is 7. The van der Waals surface area contributed by atoms with Crippen LogP contribution in [0.2, 0.25) is 0 Å². The lowest BCUT2D eigenvalue weighted by atomic mass is 9.96. The molecule has 9 nitrogen and oxygen atoms in total. The second-order valence-corrected chi connectivity index (χ2v) is 8.66. The predicted molar refractivity (Wildman–Crippen MR) is 130 cm³/mol. The summed E-state index contributed by atoms with van der Waals surface area (Å²) in [5.41, 5.74) is 7.12. The fourth-order valence-corrected chi connectivity index (χ4v) is 4.88. The highest BCUT2D eigenvalue weighted by Crippen LogP contribution is 2.31. The molecule has 1 aromatic heterocycles. The number of hydrogen-bond acceptors (Lipinski definition) is 8. The molecule has 4 rings (SSSR count). The number of methoxy groups -OCH3 is 2. The van der Waals surface area contributed by atoms with Gasteiger partial charge in [0.05, 0.1) is 36.1 Å². The molecule has 0 bridgehead atoms. The number of allylic oxidation sites excluding steroid dienone is 1. The van der Waals surface area contributed by atoms with E-state index in [-0.39, 0.29) is 12.2 Å². The molecule has 1 unspecified atom stereocenters. The topological polar surface area (TPSA) is 122 Å². The van der Waals surface area contributed by atoms with Gasteiger partial charge in [0.15, 0.2) is 22.9 Å². The Morgan fingerprint density at radius 1 is 1.14 bits per heavy atom. The van der Waals surface area contributed by atoms with E-state index in [2.05, 4.69) is 4.99 Å². The summed E-state index contributed by atoms with van der Waals surface area (Å²) in [4.78, 5) is 42.3. The van der Waals surface area contributed by atoms with Gasteiger partial charge in [-0.2, -0.15) is 0 Å². The van der Waals surface area contributed by atoms with Crippen molar-refractivity contribution in [1.82, 2.24) is 4.57 Å². The molecule has 1 amide bonds. The highest BCUT2D eigenvalue weighted by atomic mass is 32.1. The Kier molecular flexibility index (Phi) is 6.83. The number of nitrogens with two attached hydrogens (primary N) is 1. The third-order valence-corrected chi connectivity index (χ3v) is 6.38. The van der Waals surface area contributed by atoms with Crippen LogP contribution in [-0.4, -0.2) is 37.3 Å². The molecule has 2 N–H and O–H groups in total. The van der Waals surface area contributed by atoms with E-state index in [0.29, 0.717) is 37.7 Å². The van der Waals surface area contributed by atoms with Crippen molar-refractivity contribution in [2.24, 2.45) is 10.7 Å². The van der Waals surface area contributed by atoms with Gasteiger partial charge in [0.1, 0.15) is 0 Å². The van der Waals surface area contributed by atoms with E-state index < -0.39 is 17.9 Å². The largest absolute Gasteiger partial charge is 0.493 e. The number of hydrogen-bond donors (Lipinski definition) is 1. The van der Waals surface area contributed by atoms with Crippen molar-refractivity contribution in [3.8, 4) is 11.5 Å². The summed E-state index contributed by atoms with van der Waals surface area (Å²) >= 11 is 1.22. The number of carbonyl (C=O) groups is 2. The average molecular weight is 494 g/mol. The molecule has 1 aliphatic rings. The third-order valence-electron chi connectivity index (χ3n) is 5.40. The first kappa shape index (κ1) is 24.0. The number of esters is 1. The number of ether oxygens (including phenoxy) is 3. The van der Waals surface area contributed by atoms with Crippen LogP contribution in [0.25, 0.3) is 6.08 Å². The lowest BCUT2D eigenvalue weighted by Crippen LogP contribution is -2.39. The van der Waals surface area contributed by atoms with Crippen molar-refractivity contribution >= 4 is 29.3 Å². The van der Waals surface area contributed by atoms with Crippen LogP contribution in [0.15, 0.2) is 69.6 Å². The Balaban J connectivity index is 1.84. The van der Waals surface area contributed by atoms with Crippen molar-refractivity contribution in [2.75, 3.05) is 20.8 Å². The van der Waals surface area contributed by atoms with Crippen LogP contribution in [0.5, 0.6) is 11.5 Å². The monoisotopic (exact) mass is 493 g/mol. The van der Waals surface area contributed by atoms with E-state index in [1.54, 1.807) is 31.2 Å². The van der Waals surface area contributed by atoms with Crippen molar-refractivity contribution in [1.29, 1.82) is 0 Å². The Labute approximate surface area is 204 Å². The molecule has 0 saturated heterocycles. The summed E-state index contributed by atoms with van der Waals surface area (Å²) in [7, 11) is 2.78. The number of amides is 1. The van der Waals surface area contributed by atoms with Gasteiger partial charge >= 0.3 is 5.97 Å². The molecule has 1 atom stereocenters. The first-order valence-corrected chi connectivity index (χ1v) is 11.4. The molecule has 2 aromatic carbocycles. The summed E-state index contributed by atoms with van der Waals surface area (Å²) in [6, 6.07) is 13.7. The summed E-state index contributed by atoms with van der Waals surface area (Å²) in [5.74, 6) is -0.399. The standard InChI is InChI=1S/C25H23N3O6S/c1-14-21(24(31)33-3)22(16-7-5-4-6-8-16)28-23(30)19(35-25(28)27-14)12-15-9-10-17(18(11-15)32-2)34-13-20(26)29/h4-12,22H,13H2,1-3H3,(H2,26,29). The molecule has 180 valence electrons. The lowest BCUT2D eigenvalue weighted by Gasteiger charge is -2.24. The first-order valence-electron chi connectivity index (χ1n) is 10.6. The van der Waals surface area contributed by atoms with Crippen molar-refractivity contribution in [3.05, 3.63) is 90.6 Å². The van der Waals surface area contributed by atoms with Crippen LogP contribution < -0.4 is 30.1 Å². The molecular weight excluding hydrogens is 470 g/mol. The Morgan fingerprint density at radius 3 is 2.54 bits per heavy atom. The van der Waals surface area contributed by atoms with Crippen LogP contribution in [0.4, 0.5) is 0 Å². The average Bonchev–Trinajstić information content (AvgIpc) is 3.16. The molecule has 0 saturated carbocycles. The molecule has 3 aromatic rings. The maximum atomic E-state index is 13.6. The second kappa shape index (κ2) is 9.98. The van der Waals surface area contributed by atoms with Crippen LogP contribution in [0, 0.1) is 0 Å². The number of benzene rings is 2. The molecule has 0 radical (unpaired) electrons. The number of carbonyl (C=O) groups excluding carboxylic acids is 2. The predicted octanol–water partition coefficient (Wildman–Crippen LogP) is 1.28. The van der Waals surface area contributed by atoms with Gasteiger partial charge in [-0.3, -0.25) is 14.2 Å². The second-order valence-electron chi connectivity index (χ2n) is 7.65. The van der Waals surface area contributed by atoms with Gasteiger partial charge in [-0.15, -0.1) is 0 Å². The fraction of sp³-hybridized carbons (Fsp3) is 0.200. The van der Waals surface area contributed by atoms with Crippen LogP contribution >= 0.6 is 11.3 Å². The van der Waals surface area contributed by atoms with Gasteiger partial charge in [-0.1, -0.05) is 47.7 Å².